The standard InChI is InChI=1S/C16H25BrN2/c1-10-5-6-12(14(17)8-10)16(3,4)13-7-11(2)9-19-15(13)18/h7,9-10,12,14H,5-6,8H2,1-4H3,(H2,18,19). The predicted octanol–water partition coefficient (Wildman–Crippen LogP) is 4.45. The molecule has 1 heterocycles. The molecule has 19 heavy (non-hydrogen) atoms. The van der Waals surface area contributed by atoms with Crippen LogP contribution in [0, 0.1) is 18.8 Å². The summed E-state index contributed by atoms with van der Waals surface area (Å²) in [5.41, 5.74) is 8.59. The molecular formula is C16H25BrN2. The fraction of sp³-hybridized carbons (Fsp3) is 0.688. The van der Waals surface area contributed by atoms with E-state index in [9.17, 15) is 0 Å². The first-order valence-corrected chi connectivity index (χ1v) is 8.10. The Balaban J connectivity index is 2.33. The molecule has 0 radical (unpaired) electrons. The molecule has 1 aromatic rings. The maximum atomic E-state index is 6.13. The van der Waals surface area contributed by atoms with Gasteiger partial charge in [0.1, 0.15) is 5.82 Å². The molecule has 3 unspecified atom stereocenters. The summed E-state index contributed by atoms with van der Waals surface area (Å²) in [5.74, 6) is 2.13. The Morgan fingerprint density at radius 3 is 2.68 bits per heavy atom. The van der Waals surface area contributed by atoms with Crippen molar-refractivity contribution in [2.45, 2.75) is 57.2 Å². The monoisotopic (exact) mass is 324 g/mol. The lowest BCUT2D eigenvalue weighted by molar-refractivity contribution is 0.214. The largest absolute Gasteiger partial charge is 0.383 e. The van der Waals surface area contributed by atoms with Crippen molar-refractivity contribution in [3.63, 3.8) is 0 Å². The van der Waals surface area contributed by atoms with Crippen LogP contribution >= 0.6 is 15.9 Å². The SMILES string of the molecule is Cc1cnc(N)c(C(C)(C)C2CCC(C)CC2Br)c1. The molecule has 2 rings (SSSR count). The number of aryl methyl sites for hydroxylation is 1. The van der Waals surface area contributed by atoms with E-state index in [1.54, 1.807) is 0 Å². The molecule has 0 aliphatic heterocycles. The van der Waals surface area contributed by atoms with Crippen LogP contribution in [0.2, 0.25) is 0 Å². The van der Waals surface area contributed by atoms with Crippen molar-refractivity contribution in [1.29, 1.82) is 0 Å². The number of rotatable bonds is 2. The number of nitrogens with zero attached hydrogens (tertiary/aromatic N) is 1. The third-order valence-electron chi connectivity index (χ3n) is 4.71. The lowest BCUT2D eigenvalue weighted by atomic mass is 9.66. The van der Waals surface area contributed by atoms with Crippen molar-refractivity contribution >= 4 is 21.7 Å². The zero-order valence-electron chi connectivity index (χ0n) is 12.4. The Morgan fingerprint density at radius 2 is 2.05 bits per heavy atom. The van der Waals surface area contributed by atoms with Crippen LogP contribution in [0.5, 0.6) is 0 Å². The van der Waals surface area contributed by atoms with Gasteiger partial charge in [-0.3, -0.25) is 0 Å². The van der Waals surface area contributed by atoms with Crippen LogP contribution in [0.1, 0.15) is 51.2 Å². The summed E-state index contributed by atoms with van der Waals surface area (Å²) in [6.07, 6.45) is 5.68. The molecule has 3 heteroatoms. The number of alkyl halides is 1. The van der Waals surface area contributed by atoms with Gasteiger partial charge in [0.2, 0.25) is 0 Å². The summed E-state index contributed by atoms with van der Waals surface area (Å²) in [6.45, 7) is 9.06. The van der Waals surface area contributed by atoms with E-state index in [-0.39, 0.29) is 5.41 Å². The van der Waals surface area contributed by atoms with Crippen LogP contribution in [0.15, 0.2) is 12.3 Å². The summed E-state index contributed by atoms with van der Waals surface area (Å²) < 4.78 is 0. The normalized spacial score (nSPS) is 28.4. The number of nitrogens with two attached hydrogens (primary N) is 1. The average molecular weight is 325 g/mol. The number of hydrogen-bond donors (Lipinski definition) is 1. The molecule has 1 fully saturated rings. The van der Waals surface area contributed by atoms with Gasteiger partial charge in [-0.05, 0) is 42.6 Å². The van der Waals surface area contributed by atoms with Gasteiger partial charge >= 0.3 is 0 Å². The number of anilines is 1. The van der Waals surface area contributed by atoms with E-state index in [0.717, 1.165) is 5.92 Å². The van der Waals surface area contributed by atoms with E-state index in [4.69, 9.17) is 5.73 Å². The first-order valence-electron chi connectivity index (χ1n) is 7.19. The zero-order chi connectivity index (χ0) is 14.2. The molecule has 0 spiro atoms. The van der Waals surface area contributed by atoms with Gasteiger partial charge in [0.05, 0.1) is 0 Å². The first kappa shape index (κ1) is 14.8. The maximum Gasteiger partial charge on any atom is 0.127 e. The Kier molecular flexibility index (Phi) is 4.24. The average Bonchev–Trinajstić information content (AvgIpc) is 2.31. The van der Waals surface area contributed by atoms with Crippen molar-refractivity contribution in [3.05, 3.63) is 23.4 Å². The van der Waals surface area contributed by atoms with Crippen molar-refractivity contribution < 1.29 is 0 Å². The molecule has 106 valence electrons. The van der Waals surface area contributed by atoms with Gasteiger partial charge in [0, 0.05) is 16.6 Å². The fourth-order valence-corrected chi connectivity index (χ4v) is 4.98. The minimum atomic E-state index is 0.0669. The first-order chi connectivity index (χ1) is 8.82. The summed E-state index contributed by atoms with van der Waals surface area (Å²) in [5, 5.41) is 0. The molecule has 1 saturated carbocycles. The summed E-state index contributed by atoms with van der Waals surface area (Å²) >= 11 is 3.91. The minimum Gasteiger partial charge on any atom is -0.383 e. The predicted molar refractivity (Wildman–Crippen MR) is 85.6 cm³/mol. The third kappa shape index (κ3) is 2.96. The van der Waals surface area contributed by atoms with E-state index in [1.165, 1.54) is 30.4 Å². The van der Waals surface area contributed by atoms with Crippen molar-refractivity contribution in [2.75, 3.05) is 5.73 Å². The molecule has 0 aromatic carbocycles. The highest BCUT2D eigenvalue weighted by Crippen LogP contribution is 2.46. The van der Waals surface area contributed by atoms with Crippen LogP contribution < -0.4 is 5.73 Å². The Bertz CT molecular complexity index is 456. The van der Waals surface area contributed by atoms with Crippen LogP contribution in [0.4, 0.5) is 5.82 Å². The second-order valence-electron chi connectivity index (χ2n) is 6.71. The molecule has 2 N–H and O–H groups in total. The smallest absolute Gasteiger partial charge is 0.127 e. The molecule has 1 aromatic heterocycles. The molecule has 2 nitrogen and oxygen atoms in total. The van der Waals surface area contributed by atoms with Crippen molar-refractivity contribution in [1.82, 2.24) is 4.98 Å². The zero-order valence-corrected chi connectivity index (χ0v) is 14.0. The quantitative estimate of drug-likeness (QED) is 0.816. The number of hydrogen-bond acceptors (Lipinski definition) is 2. The van der Waals surface area contributed by atoms with Crippen LogP contribution in [-0.4, -0.2) is 9.81 Å². The highest BCUT2D eigenvalue weighted by Gasteiger charge is 2.40. The molecule has 0 saturated heterocycles. The lowest BCUT2D eigenvalue weighted by Crippen LogP contribution is -2.39. The van der Waals surface area contributed by atoms with E-state index in [0.29, 0.717) is 16.6 Å². The van der Waals surface area contributed by atoms with Gasteiger partial charge in [-0.1, -0.05) is 49.2 Å². The number of halogens is 1. The third-order valence-corrected chi connectivity index (χ3v) is 5.72. The van der Waals surface area contributed by atoms with Gasteiger partial charge in [-0.2, -0.15) is 0 Å². The highest BCUT2D eigenvalue weighted by molar-refractivity contribution is 9.09. The highest BCUT2D eigenvalue weighted by atomic mass is 79.9. The second kappa shape index (κ2) is 5.43. The van der Waals surface area contributed by atoms with Crippen LogP contribution in [0.25, 0.3) is 0 Å². The van der Waals surface area contributed by atoms with Gasteiger partial charge in [0.15, 0.2) is 0 Å². The summed E-state index contributed by atoms with van der Waals surface area (Å²) in [6, 6.07) is 2.21. The number of aromatic nitrogens is 1. The second-order valence-corrected chi connectivity index (χ2v) is 7.88. The van der Waals surface area contributed by atoms with Crippen molar-refractivity contribution in [3.8, 4) is 0 Å². The molecule has 0 amide bonds. The maximum absolute atomic E-state index is 6.13. The summed E-state index contributed by atoms with van der Waals surface area (Å²) in [7, 11) is 0. The van der Waals surface area contributed by atoms with Gasteiger partial charge in [-0.25, -0.2) is 4.98 Å². The van der Waals surface area contributed by atoms with E-state index < -0.39 is 0 Å². The molecule has 1 aliphatic rings. The number of pyridine rings is 1. The molecule has 3 atom stereocenters. The fourth-order valence-electron chi connectivity index (χ4n) is 3.42. The van der Waals surface area contributed by atoms with Gasteiger partial charge in [0.25, 0.3) is 0 Å². The van der Waals surface area contributed by atoms with E-state index >= 15 is 0 Å². The molecule has 1 aliphatic carbocycles. The van der Waals surface area contributed by atoms with E-state index in [2.05, 4.69) is 54.7 Å². The lowest BCUT2D eigenvalue weighted by Gasteiger charge is -2.42. The van der Waals surface area contributed by atoms with Gasteiger partial charge < -0.3 is 5.73 Å². The van der Waals surface area contributed by atoms with E-state index in [1.807, 2.05) is 6.20 Å². The topological polar surface area (TPSA) is 38.9 Å². The van der Waals surface area contributed by atoms with Gasteiger partial charge in [-0.15, -0.1) is 0 Å². The Labute approximate surface area is 125 Å². The molecular weight excluding hydrogens is 300 g/mol. The Morgan fingerprint density at radius 1 is 1.37 bits per heavy atom. The van der Waals surface area contributed by atoms with Crippen LogP contribution in [0.3, 0.4) is 0 Å². The molecule has 0 bridgehead atoms. The number of nitrogen functional groups attached to an aromatic ring is 1. The Hall–Kier alpha value is -0.570. The van der Waals surface area contributed by atoms with Crippen molar-refractivity contribution in [2.24, 2.45) is 11.8 Å². The minimum absolute atomic E-state index is 0.0669. The summed E-state index contributed by atoms with van der Waals surface area (Å²) in [4.78, 5) is 4.92. The van der Waals surface area contributed by atoms with Crippen LogP contribution in [-0.2, 0) is 5.41 Å².